The largest absolute Gasteiger partial charge is 0.312 e. The van der Waals surface area contributed by atoms with Crippen molar-refractivity contribution in [1.29, 1.82) is 0 Å². The third-order valence-corrected chi connectivity index (χ3v) is 5.31. The van der Waals surface area contributed by atoms with Crippen molar-refractivity contribution in [3.63, 3.8) is 0 Å². The molecule has 3 heteroatoms. The second kappa shape index (κ2) is 5.06. The summed E-state index contributed by atoms with van der Waals surface area (Å²) in [5.74, 6) is 0. The molecule has 0 amide bonds. The van der Waals surface area contributed by atoms with Crippen LogP contribution in [0, 0.1) is 13.8 Å². The van der Waals surface area contributed by atoms with Crippen LogP contribution >= 0.6 is 11.3 Å². The van der Waals surface area contributed by atoms with E-state index in [2.05, 4.69) is 44.4 Å². The van der Waals surface area contributed by atoms with Gasteiger partial charge in [0.2, 0.25) is 0 Å². The number of thiazole rings is 1. The number of aromatic nitrogens is 1. The van der Waals surface area contributed by atoms with Gasteiger partial charge < -0.3 is 5.32 Å². The van der Waals surface area contributed by atoms with Gasteiger partial charge in [-0.3, -0.25) is 0 Å². The topological polar surface area (TPSA) is 24.9 Å². The summed E-state index contributed by atoms with van der Waals surface area (Å²) in [5, 5.41) is 4.59. The Kier molecular flexibility index (Phi) is 3.42. The number of aryl methyl sites for hydroxylation is 3. The molecule has 100 valence electrons. The molecule has 0 fully saturated rings. The van der Waals surface area contributed by atoms with Crippen LogP contribution in [0.5, 0.6) is 0 Å². The number of nitrogens with zero attached hydrogens (tertiary/aromatic N) is 1. The molecule has 0 saturated heterocycles. The maximum Gasteiger partial charge on any atom is 0.123 e. The van der Waals surface area contributed by atoms with Crippen LogP contribution in [0.25, 0.3) is 10.6 Å². The molecule has 1 atom stereocenters. The number of hydrogen-bond donors (Lipinski definition) is 1. The van der Waals surface area contributed by atoms with Gasteiger partial charge in [0.05, 0.1) is 5.69 Å². The molecule has 0 radical (unpaired) electrons. The molecule has 1 unspecified atom stereocenters. The van der Waals surface area contributed by atoms with Gasteiger partial charge in [-0.05, 0) is 57.4 Å². The van der Waals surface area contributed by atoms with Gasteiger partial charge in [-0.2, -0.15) is 0 Å². The van der Waals surface area contributed by atoms with Crippen molar-refractivity contribution >= 4 is 11.3 Å². The third kappa shape index (κ3) is 2.33. The van der Waals surface area contributed by atoms with E-state index in [0.717, 1.165) is 6.42 Å². The third-order valence-electron chi connectivity index (χ3n) is 4.05. The lowest BCUT2D eigenvalue weighted by atomic mass is 9.98. The van der Waals surface area contributed by atoms with Crippen LogP contribution < -0.4 is 5.32 Å². The van der Waals surface area contributed by atoms with E-state index < -0.39 is 0 Å². The molecule has 19 heavy (non-hydrogen) atoms. The van der Waals surface area contributed by atoms with Crippen LogP contribution in [-0.4, -0.2) is 12.0 Å². The molecule has 0 saturated carbocycles. The van der Waals surface area contributed by atoms with Crippen LogP contribution in [0.3, 0.4) is 0 Å². The minimum atomic E-state index is 0.501. The molecule has 0 aliphatic heterocycles. The molecule has 1 N–H and O–H groups in total. The first-order chi connectivity index (χ1) is 9.19. The molecule has 1 aliphatic carbocycles. The standard InChI is InChI=1S/C16H20N2S/c1-10-7-8-12(9-11(10)2)16-18-14-6-4-5-13(17-3)15(14)19-16/h7-9,13,17H,4-6H2,1-3H3. The Labute approximate surface area is 118 Å². The Morgan fingerprint density at radius 2 is 2.11 bits per heavy atom. The summed E-state index contributed by atoms with van der Waals surface area (Å²) < 4.78 is 0. The summed E-state index contributed by atoms with van der Waals surface area (Å²) in [4.78, 5) is 6.31. The van der Waals surface area contributed by atoms with E-state index in [0.29, 0.717) is 6.04 Å². The highest BCUT2D eigenvalue weighted by Crippen LogP contribution is 2.37. The van der Waals surface area contributed by atoms with E-state index in [1.165, 1.54) is 45.1 Å². The number of rotatable bonds is 2. The highest BCUT2D eigenvalue weighted by atomic mass is 32.1. The van der Waals surface area contributed by atoms with E-state index in [1.54, 1.807) is 0 Å². The zero-order valence-corrected chi connectivity index (χ0v) is 12.6. The quantitative estimate of drug-likeness (QED) is 0.893. The van der Waals surface area contributed by atoms with E-state index in [-0.39, 0.29) is 0 Å². The van der Waals surface area contributed by atoms with Gasteiger partial charge in [0, 0.05) is 16.5 Å². The number of benzene rings is 1. The maximum absolute atomic E-state index is 4.87. The van der Waals surface area contributed by atoms with E-state index in [4.69, 9.17) is 4.98 Å². The van der Waals surface area contributed by atoms with Crippen molar-refractivity contribution < 1.29 is 0 Å². The van der Waals surface area contributed by atoms with E-state index in [1.807, 2.05) is 11.3 Å². The first kappa shape index (κ1) is 12.8. The predicted octanol–water partition coefficient (Wildman–Crippen LogP) is 4.02. The molecule has 0 spiro atoms. The van der Waals surface area contributed by atoms with Crippen LogP contribution in [0.4, 0.5) is 0 Å². The number of fused-ring (bicyclic) bond motifs is 1. The van der Waals surface area contributed by atoms with Gasteiger partial charge in [-0.15, -0.1) is 11.3 Å². The average molecular weight is 272 g/mol. The molecular weight excluding hydrogens is 252 g/mol. The van der Waals surface area contributed by atoms with Crippen LogP contribution in [-0.2, 0) is 6.42 Å². The number of hydrogen-bond acceptors (Lipinski definition) is 3. The van der Waals surface area contributed by atoms with Crippen molar-refractivity contribution in [2.45, 2.75) is 39.2 Å². The van der Waals surface area contributed by atoms with Gasteiger partial charge in [0.15, 0.2) is 0 Å². The number of nitrogens with one attached hydrogen (secondary N) is 1. The molecule has 1 aliphatic rings. The van der Waals surface area contributed by atoms with Gasteiger partial charge in [0.1, 0.15) is 5.01 Å². The first-order valence-corrected chi connectivity index (χ1v) is 7.75. The Bertz CT molecular complexity index is 601. The first-order valence-electron chi connectivity index (χ1n) is 6.93. The fourth-order valence-electron chi connectivity index (χ4n) is 2.69. The summed E-state index contributed by atoms with van der Waals surface area (Å²) in [6, 6.07) is 7.15. The second-order valence-electron chi connectivity index (χ2n) is 5.36. The van der Waals surface area contributed by atoms with Gasteiger partial charge >= 0.3 is 0 Å². The highest BCUT2D eigenvalue weighted by Gasteiger charge is 2.23. The van der Waals surface area contributed by atoms with Crippen LogP contribution in [0.2, 0.25) is 0 Å². The van der Waals surface area contributed by atoms with Crippen LogP contribution in [0.15, 0.2) is 18.2 Å². The molecule has 3 rings (SSSR count). The summed E-state index contributed by atoms with van der Waals surface area (Å²) in [6.07, 6.45) is 3.61. The average Bonchev–Trinajstić information content (AvgIpc) is 2.85. The van der Waals surface area contributed by atoms with Crippen molar-refractivity contribution in [3.8, 4) is 10.6 Å². The van der Waals surface area contributed by atoms with Crippen molar-refractivity contribution in [1.82, 2.24) is 10.3 Å². The fraction of sp³-hybridized carbons (Fsp3) is 0.438. The summed E-state index contributed by atoms with van der Waals surface area (Å²) in [5.41, 5.74) is 5.26. The maximum atomic E-state index is 4.87. The summed E-state index contributed by atoms with van der Waals surface area (Å²) >= 11 is 1.86. The Balaban J connectivity index is 2.02. The zero-order chi connectivity index (χ0) is 13.4. The fourth-order valence-corrected chi connectivity index (χ4v) is 3.95. The smallest absolute Gasteiger partial charge is 0.123 e. The predicted molar refractivity (Wildman–Crippen MR) is 81.8 cm³/mol. The summed E-state index contributed by atoms with van der Waals surface area (Å²) in [6.45, 7) is 4.33. The van der Waals surface area contributed by atoms with Gasteiger partial charge in [0.25, 0.3) is 0 Å². The van der Waals surface area contributed by atoms with E-state index in [9.17, 15) is 0 Å². The lowest BCUT2D eigenvalue weighted by molar-refractivity contribution is 0.501. The van der Waals surface area contributed by atoms with Gasteiger partial charge in [-0.25, -0.2) is 4.98 Å². The molecular formula is C16H20N2S. The normalized spacial score (nSPS) is 18.4. The Hall–Kier alpha value is -1.19. The second-order valence-corrected chi connectivity index (χ2v) is 6.39. The highest BCUT2D eigenvalue weighted by molar-refractivity contribution is 7.15. The van der Waals surface area contributed by atoms with Gasteiger partial charge in [-0.1, -0.05) is 12.1 Å². The molecule has 1 aromatic heterocycles. The van der Waals surface area contributed by atoms with Crippen LogP contribution in [0.1, 0.15) is 40.6 Å². The molecule has 2 aromatic rings. The Morgan fingerprint density at radius 3 is 2.84 bits per heavy atom. The minimum absolute atomic E-state index is 0.501. The zero-order valence-electron chi connectivity index (χ0n) is 11.8. The molecule has 0 bridgehead atoms. The van der Waals surface area contributed by atoms with E-state index >= 15 is 0 Å². The molecule has 2 nitrogen and oxygen atoms in total. The van der Waals surface area contributed by atoms with Crippen molar-refractivity contribution in [3.05, 3.63) is 39.9 Å². The molecule has 1 heterocycles. The lowest BCUT2D eigenvalue weighted by Gasteiger charge is -2.19. The minimum Gasteiger partial charge on any atom is -0.312 e. The summed E-state index contributed by atoms with van der Waals surface area (Å²) in [7, 11) is 2.05. The van der Waals surface area contributed by atoms with Crippen molar-refractivity contribution in [2.75, 3.05) is 7.05 Å². The monoisotopic (exact) mass is 272 g/mol. The van der Waals surface area contributed by atoms with Crippen molar-refractivity contribution in [2.24, 2.45) is 0 Å². The lowest BCUT2D eigenvalue weighted by Crippen LogP contribution is -2.19. The SMILES string of the molecule is CNC1CCCc2nc(-c3ccc(C)c(C)c3)sc21. The Morgan fingerprint density at radius 1 is 1.26 bits per heavy atom. The molecule has 1 aromatic carbocycles.